The molecule has 3 N–H and O–H groups in total. The van der Waals surface area contributed by atoms with Crippen LogP contribution in [0.1, 0.15) is 26.2 Å². The number of ether oxygens (including phenoxy) is 1. The Labute approximate surface area is 144 Å². The van der Waals surface area contributed by atoms with E-state index in [-0.39, 0.29) is 18.6 Å². The van der Waals surface area contributed by atoms with E-state index in [1.54, 1.807) is 0 Å². The molecule has 0 saturated heterocycles. The van der Waals surface area contributed by atoms with Crippen molar-refractivity contribution in [1.82, 2.24) is 5.32 Å². The highest BCUT2D eigenvalue weighted by molar-refractivity contribution is 5.78. The zero-order valence-corrected chi connectivity index (χ0v) is 14.2. The van der Waals surface area contributed by atoms with Gasteiger partial charge in [0, 0.05) is 18.2 Å². The molecule has 2 aromatic carbocycles. The van der Waals surface area contributed by atoms with Gasteiger partial charge < -0.3 is 15.8 Å². The first kappa shape index (κ1) is 18.0. The lowest BCUT2D eigenvalue weighted by atomic mass is 10.1. The minimum atomic E-state index is -0.135. The molecule has 0 fully saturated rings. The second-order valence-electron chi connectivity index (χ2n) is 5.79. The molecule has 1 atom stereocenters. The number of nitrogens with one attached hydrogen (secondary N) is 1. The molecule has 0 aromatic heterocycles. The van der Waals surface area contributed by atoms with Gasteiger partial charge in [-0.15, -0.1) is 0 Å². The third kappa shape index (κ3) is 5.39. The molecule has 0 heterocycles. The van der Waals surface area contributed by atoms with E-state index in [4.69, 9.17) is 10.5 Å². The Morgan fingerprint density at radius 2 is 1.83 bits per heavy atom. The molecule has 2 aromatic rings. The Morgan fingerprint density at radius 3 is 2.54 bits per heavy atom. The van der Waals surface area contributed by atoms with Gasteiger partial charge in [0.1, 0.15) is 5.75 Å². The zero-order chi connectivity index (χ0) is 17.2. The number of hydrogen-bond acceptors (Lipinski definition) is 3. The lowest BCUT2D eigenvalue weighted by molar-refractivity contribution is -0.123. The molecule has 24 heavy (non-hydrogen) atoms. The second kappa shape index (κ2) is 9.73. The van der Waals surface area contributed by atoms with E-state index in [2.05, 4.69) is 12.2 Å². The lowest BCUT2D eigenvalue weighted by Gasteiger charge is -2.17. The normalized spacial score (nSPS) is 11.8. The van der Waals surface area contributed by atoms with Gasteiger partial charge >= 0.3 is 0 Å². The third-order valence-corrected chi connectivity index (χ3v) is 3.89. The van der Waals surface area contributed by atoms with Gasteiger partial charge in [0.05, 0.1) is 0 Å². The van der Waals surface area contributed by atoms with Gasteiger partial charge in [-0.25, -0.2) is 0 Å². The smallest absolute Gasteiger partial charge is 0.258 e. The SMILES string of the molecule is CCCCC(CN)NC(=O)COc1ccccc1-c1ccccc1. The first-order valence-electron chi connectivity index (χ1n) is 8.51. The van der Waals surface area contributed by atoms with Crippen LogP contribution in [-0.4, -0.2) is 25.1 Å². The number of rotatable bonds is 9. The van der Waals surface area contributed by atoms with E-state index in [1.807, 2.05) is 54.6 Å². The van der Waals surface area contributed by atoms with Crippen LogP contribution in [0, 0.1) is 0 Å². The van der Waals surface area contributed by atoms with Gasteiger partial charge in [-0.1, -0.05) is 68.3 Å². The van der Waals surface area contributed by atoms with Crippen molar-refractivity contribution in [3.8, 4) is 16.9 Å². The fourth-order valence-corrected chi connectivity index (χ4v) is 2.56. The van der Waals surface area contributed by atoms with Crippen LogP contribution in [0.5, 0.6) is 5.75 Å². The summed E-state index contributed by atoms with van der Waals surface area (Å²) < 4.78 is 5.75. The molecule has 2 rings (SSSR count). The van der Waals surface area contributed by atoms with Crippen LogP contribution in [0.15, 0.2) is 54.6 Å². The molecule has 0 radical (unpaired) electrons. The first-order valence-corrected chi connectivity index (χ1v) is 8.51. The molecular formula is C20H26N2O2. The van der Waals surface area contributed by atoms with Gasteiger partial charge in [-0.2, -0.15) is 0 Å². The van der Waals surface area contributed by atoms with E-state index in [0.29, 0.717) is 12.3 Å². The number of carbonyl (C=O) groups excluding carboxylic acids is 1. The topological polar surface area (TPSA) is 64.3 Å². The average Bonchev–Trinajstić information content (AvgIpc) is 2.64. The van der Waals surface area contributed by atoms with Crippen LogP contribution in [0.2, 0.25) is 0 Å². The summed E-state index contributed by atoms with van der Waals surface area (Å²) in [5.74, 6) is 0.570. The molecule has 1 unspecified atom stereocenters. The van der Waals surface area contributed by atoms with Crippen LogP contribution >= 0.6 is 0 Å². The lowest BCUT2D eigenvalue weighted by Crippen LogP contribution is -2.42. The van der Waals surface area contributed by atoms with Crippen molar-refractivity contribution in [3.05, 3.63) is 54.6 Å². The average molecular weight is 326 g/mol. The first-order chi connectivity index (χ1) is 11.7. The summed E-state index contributed by atoms with van der Waals surface area (Å²) in [6.45, 7) is 2.57. The Morgan fingerprint density at radius 1 is 1.12 bits per heavy atom. The Balaban J connectivity index is 1.96. The maximum atomic E-state index is 12.1. The molecule has 0 aliphatic heterocycles. The largest absolute Gasteiger partial charge is 0.483 e. The Hall–Kier alpha value is -2.33. The standard InChI is InChI=1S/C20H26N2O2/c1-2-3-11-17(14-21)22-20(23)15-24-19-13-8-7-12-18(19)16-9-5-4-6-10-16/h4-10,12-13,17H,2-3,11,14-15,21H2,1H3,(H,22,23). The summed E-state index contributed by atoms with van der Waals surface area (Å²) in [7, 11) is 0. The second-order valence-corrected chi connectivity index (χ2v) is 5.79. The zero-order valence-electron chi connectivity index (χ0n) is 14.2. The van der Waals surface area contributed by atoms with Crippen molar-refractivity contribution < 1.29 is 9.53 Å². The van der Waals surface area contributed by atoms with E-state index in [9.17, 15) is 4.79 Å². The van der Waals surface area contributed by atoms with Crippen molar-refractivity contribution >= 4 is 5.91 Å². The summed E-state index contributed by atoms with van der Waals surface area (Å²) in [5, 5.41) is 2.94. The predicted molar refractivity (Wildman–Crippen MR) is 97.9 cm³/mol. The summed E-state index contributed by atoms with van der Waals surface area (Å²) in [4.78, 5) is 12.1. The van der Waals surface area contributed by atoms with Crippen molar-refractivity contribution in [2.24, 2.45) is 5.73 Å². The highest BCUT2D eigenvalue weighted by Gasteiger charge is 2.12. The number of unbranched alkanes of at least 4 members (excludes halogenated alkanes) is 1. The van der Waals surface area contributed by atoms with E-state index < -0.39 is 0 Å². The van der Waals surface area contributed by atoms with Crippen molar-refractivity contribution in [3.63, 3.8) is 0 Å². The van der Waals surface area contributed by atoms with Gasteiger partial charge in [0.15, 0.2) is 6.61 Å². The highest BCUT2D eigenvalue weighted by Crippen LogP contribution is 2.29. The van der Waals surface area contributed by atoms with Crippen molar-refractivity contribution in [1.29, 1.82) is 0 Å². The molecule has 0 spiro atoms. The molecule has 4 nitrogen and oxygen atoms in total. The molecule has 128 valence electrons. The van der Waals surface area contributed by atoms with E-state index in [1.165, 1.54) is 0 Å². The Kier molecular flexibility index (Phi) is 7.30. The summed E-state index contributed by atoms with van der Waals surface area (Å²) in [5.41, 5.74) is 7.76. The van der Waals surface area contributed by atoms with Crippen LogP contribution in [0.25, 0.3) is 11.1 Å². The number of hydrogen-bond donors (Lipinski definition) is 2. The quantitative estimate of drug-likeness (QED) is 0.742. The molecule has 0 saturated carbocycles. The van der Waals surface area contributed by atoms with Gasteiger partial charge in [0.25, 0.3) is 5.91 Å². The van der Waals surface area contributed by atoms with Crippen LogP contribution < -0.4 is 15.8 Å². The van der Waals surface area contributed by atoms with E-state index >= 15 is 0 Å². The highest BCUT2D eigenvalue weighted by atomic mass is 16.5. The molecule has 0 aliphatic rings. The molecule has 1 amide bonds. The number of nitrogens with two attached hydrogens (primary N) is 1. The van der Waals surface area contributed by atoms with Gasteiger partial charge in [-0.05, 0) is 18.1 Å². The number of para-hydroxylation sites is 1. The van der Waals surface area contributed by atoms with Gasteiger partial charge in [0.2, 0.25) is 0 Å². The monoisotopic (exact) mass is 326 g/mol. The van der Waals surface area contributed by atoms with Crippen LogP contribution in [0.4, 0.5) is 0 Å². The fourth-order valence-electron chi connectivity index (χ4n) is 2.56. The van der Waals surface area contributed by atoms with Crippen LogP contribution in [0.3, 0.4) is 0 Å². The van der Waals surface area contributed by atoms with Crippen molar-refractivity contribution in [2.45, 2.75) is 32.2 Å². The minimum Gasteiger partial charge on any atom is -0.483 e. The summed E-state index contributed by atoms with van der Waals surface area (Å²) >= 11 is 0. The predicted octanol–water partition coefficient (Wildman–Crippen LogP) is 3.37. The van der Waals surface area contributed by atoms with E-state index in [0.717, 1.165) is 30.4 Å². The maximum absolute atomic E-state index is 12.1. The molecule has 0 aliphatic carbocycles. The number of benzene rings is 2. The fraction of sp³-hybridized carbons (Fsp3) is 0.350. The summed E-state index contributed by atoms with van der Waals surface area (Å²) in [6, 6.07) is 17.8. The molecule has 0 bridgehead atoms. The Bertz CT molecular complexity index is 629. The van der Waals surface area contributed by atoms with Crippen molar-refractivity contribution in [2.75, 3.05) is 13.2 Å². The minimum absolute atomic E-state index is 0.00747. The third-order valence-electron chi connectivity index (χ3n) is 3.89. The number of carbonyl (C=O) groups is 1. The maximum Gasteiger partial charge on any atom is 0.258 e. The van der Waals surface area contributed by atoms with Gasteiger partial charge in [-0.3, -0.25) is 4.79 Å². The number of amides is 1. The van der Waals surface area contributed by atoms with Crippen LogP contribution in [-0.2, 0) is 4.79 Å². The molecule has 4 heteroatoms. The summed E-state index contributed by atoms with van der Waals surface area (Å²) in [6.07, 6.45) is 3.05. The molecular weight excluding hydrogens is 300 g/mol.